The van der Waals surface area contributed by atoms with Gasteiger partial charge in [-0.1, -0.05) is 0 Å². The molecule has 0 radical (unpaired) electrons. The number of benzene rings is 2. The number of ether oxygens (including phenoxy) is 3. The fourth-order valence-electron chi connectivity index (χ4n) is 3.06. The largest absolute Gasteiger partial charge is 0.497 e. The zero-order valence-electron chi connectivity index (χ0n) is 16.2. The maximum absolute atomic E-state index is 13.0. The van der Waals surface area contributed by atoms with Crippen LogP contribution in [-0.4, -0.2) is 50.5 Å². The zero-order chi connectivity index (χ0) is 21.2. The Morgan fingerprint density at radius 1 is 0.966 bits per heavy atom. The molecule has 0 amide bonds. The molecule has 0 aromatic heterocycles. The summed E-state index contributed by atoms with van der Waals surface area (Å²) in [6, 6.07) is 8.86. The van der Waals surface area contributed by atoms with E-state index in [2.05, 4.69) is 4.72 Å². The van der Waals surface area contributed by atoms with Gasteiger partial charge in [0, 0.05) is 12.6 Å². The Morgan fingerprint density at radius 3 is 2.28 bits per heavy atom. The van der Waals surface area contributed by atoms with Crippen molar-refractivity contribution in [2.24, 2.45) is 0 Å². The van der Waals surface area contributed by atoms with E-state index in [4.69, 9.17) is 14.2 Å². The van der Waals surface area contributed by atoms with Crippen LogP contribution in [0.3, 0.4) is 0 Å². The number of methoxy groups -OCH3 is 3. The normalized spacial score (nSPS) is 15.8. The second-order valence-corrected chi connectivity index (χ2v) is 9.91. The Bertz CT molecular complexity index is 1120. The minimum Gasteiger partial charge on any atom is -0.497 e. The lowest BCUT2D eigenvalue weighted by atomic mass is 10.2. The van der Waals surface area contributed by atoms with Crippen LogP contribution in [0.5, 0.6) is 17.2 Å². The molecule has 1 aliphatic heterocycles. The molecule has 1 saturated heterocycles. The van der Waals surface area contributed by atoms with E-state index >= 15 is 0 Å². The third kappa shape index (κ3) is 4.20. The van der Waals surface area contributed by atoms with Crippen LogP contribution in [0, 0.1) is 0 Å². The molecule has 2 aromatic carbocycles. The Kier molecular flexibility index (Phi) is 5.80. The monoisotopic (exact) mass is 442 g/mol. The summed E-state index contributed by atoms with van der Waals surface area (Å²) in [7, 11) is -3.26. The molecule has 0 saturated carbocycles. The minimum atomic E-state index is -4.06. The lowest BCUT2D eigenvalue weighted by Gasteiger charge is -2.20. The number of nitrogens with zero attached hydrogens (tertiary/aromatic N) is 1. The highest BCUT2D eigenvalue weighted by Crippen LogP contribution is 2.36. The van der Waals surface area contributed by atoms with Crippen molar-refractivity contribution in [3.05, 3.63) is 36.4 Å². The third-order valence-corrected chi connectivity index (χ3v) is 7.75. The topological polar surface area (TPSA) is 111 Å². The second kappa shape index (κ2) is 7.99. The first-order chi connectivity index (χ1) is 13.7. The highest BCUT2D eigenvalue weighted by atomic mass is 32.2. The molecule has 158 valence electrons. The van der Waals surface area contributed by atoms with Gasteiger partial charge in [-0.25, -0.2) is 16.8 Å². The molecule has 1 heterocycles. The Balaban J connectivity index is 2.01. The van der Waals surface area contributed by atoms with Crippen LogP contribution in [0.4, 0.5) is 11.4 Å². The van der Waals surface area contributed by atoms with Crippen LogP contribution in [0.25, 0.3) is 0 Å². The van der Waals surface area contributed by atoms with E-state index in [1.807, 2.05) is 0 Å². The van der Waals surface area contributed by atoms with Crippen molar-refractivity contribution >= 4 is 31.4 Å². The van der Waals surface area contributed by atoms with Gasteiger partial charge in [0.05, 0.1) is 38.5 Å². The fraction of sp³-hybridized carbons (Fsp3) is 0.333. The molecular weight excluding hydrogens is 420 g/mol. The summed E-state index contributed by atoms with van der Waals surface area (Å²) in [6.07, 6.45) is 0.512. The van der Waals surface area contributed by atoms with Crippen LogP contribution in [0.15, 0.2) is 41.3 Å². The van der Waals surface area contributed by atoms with E-state index in [0.29, 0.717) is 24.4 Å². The molecule has 1 N–H and O–H groups in total. The highest BCUT2D eigenvalue weighted by molar-refractivity contribution is 7.93. The maximum Gasteiger partial charge on any atom is 0.265 e. The molecule has 1 aliphatic rings. The lowest BCUT2D eigenvalue weighted by molar-refractivity contribution is 0.386. The molecule has 11 heteroatoms. The van der Waals surface area contributed by atoms with E-state index in [9.17, 15) is 16.8 Å². The molecule has 29 heavy (non-hydrogen) atoms. The first kappa shape index (κ1) is 21.1. The van der Waals surface area contributed by atoms with Crippen molar-refractivity contribution in [3.63, 3.8) is 0 Å². The van der Waals surface area contributed by atoms with Crippen LogP contribution in [0.2, 0.25) is 0 Å². The summed E-state index contributed by atoms with van der Waals surface area (Å²) in [6.45, 7) is 0.340. The van der Waals surface area contributed by atoms with Gasteiger partial charge < -0.3 is 14.2 Å². The average Bonchev–Trinajstić information content (AvgIpc) is 3.06. The molecule has 0 bridgehead atoms. The average molecular weight is 443 g/mol. The number of rotatable bonds is 7. The smallest absolute Gasteiger partial charge is 0.265 e. The van der Waals surface area contributed by atoms with Gasteiger partial charge in [-0.2, -0.15) is 0 Å². The first-order valence-corrected chi connectivity index (χ1v) is 11.7. The van der Waals surface area contributed by atoms with Gasteiger partial charge in [0.2, 0.25) is 10.0 Å². The fourth-order valence-corrected chi connectivity index (χ4v) is 5.83. The quantitative estimate of drug-likeness (QED) is 0.699. The molecule has 0 spiro atoms. The summed E-state index contributed by atoms with van der Waals surface area (Å²) >= 11 is 0. The summed E-state index contributed by atoms with van der Waals surface area (Å²) in [5.74, 6) is 0.860. The van der Waals surface area contributed by atoms with Crippen molar-refractivity contribution in [1.82, 2.24) is 0 Å². The van der Waals surface area contributed by atoms with Gasteiger partial charge in [0.25, 0.3) is 10.0 Å². The Morgan fingerprint density at radius 2 is 1.69 bits per heavy atom. The summed E-state index contributed by atoms with van der Waals surface area (Å²) in [4.78, 5) is -0.0953. The van der Waals surface area contributed by atoms with E-state index < -0.39 is 20.0 Å². The number of anilines is 2. The molecule has 0 atom stereocenters. The molecule has 2 aromatic rings. The molecule has 1 fully saturated rings. The number of sulfonamides is 2. The maximum atomic E-state index is 13.0. The Labute approximate surface area is 170 Å². The zero-order valence-corrected chi connectivity index (χ0v) is 17.8. The van der Waals surface area contributed by atoms with E-state index in [1.54, 1.807) is 6.07 Å². The molecule has 0 aliphatic carbocycles. The van der Waals surface area contributed by atoms with E-state index in [1.165, 1.54) is 56.0 Å². The van der Waals surface area contributed by atoms with Crippen molar-refractivity contribution in [1.29, 1.82) is 0 Å². The van der Waals surface area contributed by atoms with Gasteiger partial charge in [-0.3, -0.25) is 9.03 Å². The van der Waals surface area contributed by atoms with E-state index in [-0.39, 0.29) is 27.8 Å². The van der Waals surface area contributed by atoms with Gasteiger partial charge in [0.1, 0.15) is 22.1 Å². The van der Waals surface area contributed by atoms with Crippen molar-refractivity contribution < 1.29 is 31.0 Å². The third-order valence-electron chi connectivity index (χ3n) is 4.47. The number of nitrogens with one attached hydrogen (secondary N) is 1. The van der Waals surface area contributed by atoms with Crippen molar-refractivity contribution in [2.75, 3.05) is 42.7 Å². The van der Waals surface area contributed by atoms with E-state index in [0.717, 1.165) is 0 Å². The summed E-state index contributed by atoms with van der Waals surface area (Å²) in [5.41, 5.74) is 0.479. The molecule has 3 rings (SSSR count). The van der Waals surface area contributed by atoms with Crippen LogP contribution < -0.4 is 23.2 Å². The standard InChI is InChI=1S/C18H22N2O7S2/c1-25-14-6-8-18(17(12-14)27-3)29(23,24)19-15-11-13(5-7-16(15)26-2)20-9-4-10-28(20,21)22/h5-8,11-12,19H,4,9-10H2,1-3H3. The van der Waals surface area contributed by atoms with Crippen LogP contribution >= 0.6 is 0 Å². The first-order valence-electron chi connectivity index (χ1n) is 8.65. The SMILES string of the molecule is COc1ccc(S(=O)(=O)Nc2cc(N3CCCS3(=O)=O)ccc2OC)c(OC)c1. The molecule has 9 nitrogen and oxygen atoms in total. The lowest BCUT2D eigenvalue weighted by Crippen LogP contribution is -2.25. The molecular formula is C18H22N2O7S2. The number of hydrogen-bond donors (Lipinski definition) is 1. The summed E-state index contributed by atoms with van der Waals surface area (Å²) < 4.78 is 69.6. The summed E-state index contributed by atoms with van der Waals surface area (Å²) in [5, 5.41) is 0. The van der Waals surface area contributed by atoms with Crippen LogP contribution in [0.1, 0.15) is 6.42 Å². The van der Waals surface area contributed by atoms with Crippen molar-refractivity contribution in [2.45, 2.75) is 11.3 Å². The van der Waals surface area contributed by atoms with Gasteiger partial charge in [-0.15, -0.1) is 0 Å². The molecule has 0 unspecified atom stereocenters. The Hall–Kier alpha value is -2.66. The number of hydrogen-bond acceptors (Lipinski definition) is 7. The predicted octanol–water partition coefficient (Wildman–Crippen LogP) is 2.05. The predicted molar refractivity (Wildman–Crippen MR) is 109 cm³/mol. The van der Waals surface area contributed by atoms with Crippen molar-refractivity contribution in [3.8, 4) is 17.2 Å². The second-order valence-electron chi connectivity index (χ2n) is 6.25. The van der Waals surface area contributed by atoms with Crippen LogP contribution in [-0.2, 0) is 20.0 Å². The van der Waals surface area contributed by atoms with Gasteiger partial charge in [0.15, 0.2) is 0 Å². The van der Waals surface area contributed by atoms with Gasteiger partial charge >= 0.3 is 0 Å². The highest BCUT2D eigenvalue weighted by Gasteiger charge is 2.29. The minimum absolute atomic E-state index is 0.0587. The van der Waals surface area contributed by atoms with Gasteiger partial charge in [-0.05, 0) is 36.8 Å².